The summed E-state index contributed by atoms with van der Waals surface area (Å²) < 4.78 is 1.85. The van der Waals surface area contributed by atoms with Gasteiger partial charge in [0.05, 0.1) is 11.7 Å². The molecule has 2 aromatic heterocycles. The van der Waals surface area contributed by atoms with Crippen LogP contribution in [0.1, 0.15) is 49.2 Å². The molecule has 0 saturated heterocycles. The number of nitrogens with zero attached hydrogens (tertiary/aromatic N) is 4. The smallest absolute Gasteiger partial charge is 0.321 e. The first-order valence-corrected chi connectivity index (χ1v) is 8.08. The average molecular weight is 304 g/mol. The van der Waals surface area contributed by atoms with E-state index in [1.165, 1.54) is 30.5 Å². The van der Waals surface area contributed by atoms with Crippen LogP contribution in [-0.2, 0) is 6.54 Å². The van der Waals surface area contributed by atoms with Gasteiger partial charge in [-0.15, -0.1) is 11.3 Å². The normalized spacial score (nSPS) is 20.9. The van der Waals surface area contributed by atoms with Gasteiger partial charge in [0, 0.05) is 17.8 Å². The lowest BCUT2D eigenvalue weighted by atomic mass is 10.1. The Morgan fingerprint density at radius 2 is 2.29 bits per heavy atom. The summed E-state index contributed by atoms with van der Waals surface area (Å²) in [4.78, 5) is 20.8. The van der Waals surface area contributed by atoms with Gasteiger partial charge in [-0.05, 0) is 25.7 Å². The van der Waals surface area contributed by atoms with Crippen LogP contribution in [0.15, 0.2) is 11.7 Å². The van der Waals surface area contributed by atoms with Crippen molar-refractivity contribution in [3.63, 3.8) is 0 Å². The van der Waals surface area contributed by atoms with E-state index < -0.39 is 0 Å². The van der Waals surface area contributed by atoms with Gasteiger partial charge in [0.1, 0.15) is 12.2 Å². The quantitative estimate of drug-likeness (QED) is 0.911. The van der Waals surface area contributed by atoms with E-state index in [1.54, 1.807) is 0 Å². The van der Waals surface area contributed by atoms with Crippen LogP contribution < -0.4 is 10.6 Å². The van der Waals surface area contributed by atoms with E-state index in [2.05, 4.69) is 25.7 Å². The minimum atomic E-state index is -0.229. The fourth-order valence-corrected chi connectivity index (χ4v) is 3.42. The molecule has 0 spiro atoms. The summed E-state index contributed by atoms with van der Waals surface area (Å²) in [5, 5.41) is 12.6. The Kier molecular flexibility index (Phi) is 3.10. The van der Waals surface area contributed by atoms with Gasteiger partial charge < -0.3 is 5.32 Å². The van der Waals surface area contributed by atoms with Crippen LogP contribution in [0.3, 0.4) is 0 Å². The number of carbonyl (C=O) groups excluding carboxylic acids is 1. The molecule has 0 radical (unpaired) electrons. The molecule has 3 heterocycles. The Labute approximate surface area is 125 Å². The van der Waals surface area contributed by atoms with Crippen molar-refractivity contribution < 1.29 is 4.79 Å². The largest absolute Gasteiger partial charge is 0.328 e. The van der Waals surface area contributed by atoms with Crippen molar-refractivity contribution in [1.82, 2.24) is 25.1 Å². The molecule has 1 fully saturated rings. The highest BCUT2D eigenvalue weighted by Crippen LogP contribution is 2.40. The Hall–Kier alpha value is -1.96. The zero-order chi connectivity index (χ0) is 14.2. The lowest BCUT2D eigenvalue weighted by molar-refractivity contribution is 0.244. The number of fused-ring (bicyclic) bond motifs is 1. The molecular weight excluding hydrogens is 288 g/mol. The summed E-state index contributed by atoms with van der Waals surface area (Å²) in [5.41, 5.74) is 1.10. The maximum Gasteiger partial charge on any atom is 0.321 e. The fraction of sp³-hybridized carbons (Fsp3) is 0.538. The molecule has 0 bridgehead atoms. The van der Waals surface area contributed by atoms with Gasteiger partial charge in [-0.25, -0.2) is 19.4 Å². The predicted octanol–water partition coefficient (Wildman–Crippen LogP) is 2.27. The van der Waals surface area contributed by atoms with Gasteiger partial charge in [0.25, 0.3) is 0 Å². The van der Waals surface area contributed by atoms with Crippen molar-refractivity contribution in [3.8, 4) is 0 Å². The molecule has 7 nitrogen and oxygen atoms in total. The molecule has 1 aliphatic heterocycles. The summed E-state index contributed by atoms with van der Waals surface area (Å²) in [6, 6.07) is -0.308. The van der Waals surface area contributed by atoms with E-state index >= 15 is 0 Å². The van der Waals surface area contributed by atoms with E-state index in [4.69, 9.17) is 0 Å². The van der Waals surface area contributed by atoms with Gasteiger partial charge in [-0.2, -0.15) is 5.10 Å². The third-order valence-corrected chi connectivity index (χ3v) is 4.64. The molecule has 2 aromatic rings. The molecule has 1 unspecified atom stereocenters. The molecule has 1 saturated carbocycles. The Morgan fingerprint density at radius 1 is 1.38 bits per heavy atom. The number of nitrogens with one attached hydrogen (secondary N) is 2. The summed E-state index contributed by atoms with van der Waals surface area (Å²) in [7, 11) is 0. The van der Waals surface area contributed by atoms with E-state index in [-0.39, 0.29) is 12.1 Å². The molecule has 2 amide bonds. The summed E-state index contributed by atoms with van der Waals surface area (Å²) in [5.74, 6) is 1.44. The van der Waals surface area contributed by atoms with Crippen molar-refractivity contribution in [3.05, 3.63) is 23.2 Å². The first-order valence-electron chi connectivity index (χ1n) is 7.20. The average Bonchev–Trinajstić information content (AvgIpc) is 3.02. The third kappa shape index (κ3) is 2.63. The maximum absolute atomic E-state index is 12.1. The van der Waals surface area contributed by atoms with E-state index in [1.807, 2.05) is 10.1 Å². The van der Waals surface area contributed by atoms with Crippen LogP contribution in [0.2, 0.25) is 0 Å². The molecule has 2 N–H and O–H groups in total. The fourth-order valence-electron chi connectivity index (χ4n) is 2.63. The first-order chi connectivity index (χ1) is 10.3. The van der Waals surface area contributed by atoms with Gasteiger partial charge in [0.2, 0.25) is 0 Å². The number of thiazole rings is 1. The summed E-state index contributed by atoms with van der Waals surface area (Å²) >= 11 is 1.48. The Balaban J connectivity index is 1.39. The number of anilines is 1. The lowest BCUT2D eigenvalue weighted by Crippen LogP contribution is -2.36. The minimum absolute atomic E-state index is 0.0795. The standard InChI is InChI=1S/C13H16N6OS/c20-12(18-13-17-10(6-21-13)8-3-4-8)16-9-2-1-5-19-11(9)14-7-15-19/h6-9H,1-5H2,(H2,16,17,18,20). The zero-order valence-electron chi connectivity index (χ0n) is 11.5. The van der Waals surface area contributed by atoms with E-state index in [9.17, 15) is 4.79 Å². The molecule has 21 heavy (non-hydrogen) atoms. The van der Waals surface area contributed by atoms with Crippen LogP contribution in [-0.4, -0.2) is 25.8 Å². The molecule has 8 heteroatoms. The van der Waals surface area contributed by atoms with Crippen molar-refractivity contribution in [2.24, 2.45) is 0 Å². The SMILES string of the molecule is O=C(Nc1nc(C2CC2)cs1)NC1CCCn2ncnc21. The lowest BCUT2D eigenvalue weighted by Gasteiger charge is -2.22. The van der Waals surface area contributed by atoms with E-state index in [0.717, 1.165) is 30.9 Å². The number of amides is 2. The van der Waals surface area contributed by atoms with Crippen LogP contribution in [0.4, 0.5) is 9.93 Å². The highest BCUT2D eigenvalue weighted by Gasteiger charge is 2.27. The number of aromatic nitrogens is 4. The molecule has 4 rings (SSSR count). The van der Waals surface area contributed by atoms with Crippen LogP contribution in [0.5, 0.6) is 0 Å². The Bertz CT molecular complexity index is 661. The number of rotatable bonds is 3. The number of hydrogen-bond acceptors (Lipinski definition) is 5. The molecule has 0 aromatic carbocycles. The van der Waals surface area contributed by atoms with Gasteiger partial charge in [-0.1, -0.05) is 0 Å². The second kappa shape index (κ2) is 5.10. The highest BCUT2D eigenvalue weighted by molar-refractivity contribution is 7.13. The molecular formula is C13H16N6OS. The zero-order valence-corrected chi connectivity index (χ0v) is 12.3. The topological polar surface area (TPSA) is 84.7 Å². The number of carbonyl (C=O) groups is 1. The van der Waals surface area contributed by atoms with Gasteiger partial charge >= 0.3 is 6.03 Å². The number of aryl methyl sites for hydroxylation is 1. The van der Waals surface area contributed by atoms with Crippen LogP contribution in [0, 0.1) is 0 Å². The van der Waals surface area contributed by atoms with Crippen LogP contribution in [0.25, 0.3) is 0 Å². The monoisotopic (exact) mass is 304 g/mol. The summed E-state index contributed by atoms with van der Waals surface area (Å²) in [6.07, 6.45) is 5.85. The summed E-state index contributed by atoms with van der Waals surface area (Å²) in [6.45, 7) is 0.867. The van der Waals surface area contributed by atoms with Crippen molar-refractivity contribution in [2.45, 2.75) is 44.2 Å². The van der Waals surface area contributed by atoms with Gasteiger partial charge in [-0.3, -0.25) is 5.32 Å². The highest BCUT2D eigenvalue weighted by atomic mass is 32.1. The van der Waals surface area contributed by atoms with Crippen molar-refractivity contribution in [1.29, 1.82) is 0 Å². The van der Waals surface area contributed by atoms with Crippen molar-refractivity contribution in [2.75, 3.05) is 5.32 Å². The number of urea groups is 1. The molecule has 2 aliphatic rings. The predicted molar refractivity (Wildman–Crippen MR) is 78.2 cm³/mol. The number of hydrogen-bond donors (Lipinski definition) is 2. The molecule has 1 atom stereocenters. The third-order valence-electron chi connectivity index (χ3n) is 3.86. The van der Waals surface area contributed by atoms with Crippen molar-refractivity contribution >= 4 is 22.5 Å². The second-order valence-corrected chi connectivity index (χ2v) is 6.34. The molecule has 110 valence electrons. The minimum Gasteiger partial charge on any atom is -0.328 e. The van der Waals surface area contributed by atoms with Crippen LogP contribution >= 0.6 is 11.3 Å². The van der Waals surface area contributed by atoms with E-state index in [0.29, 0.717) is 11.0 Å². The first kappa shape index (κ1) is 12.8. The maximum atomic E-state index is 12.1. The second-order valence-electron chi connectivity index (χ2n) is 5.49. The molecule has 1 aliphatic carbocycles. The Morgan fingerprint density at radius 3 is 3.14 bits per heavy atom. The van der Waals surface area contributed by atoms with Gasteiger partial charge in [0.15, 0.2) is 5.13 Å².